The van der Waals surface area contributed by atoms with E-state index in [1.165, 1.54) is 6.33 Å². The number of hydrogen-bond donors (Lipinski definition) is 1. The Morgan fingerprint density at radius 3 is 2.68 bits per heavy atom. The Morgan fingerprint density at radius 2 is 2.04 bits per heavy atom. The lowest BCUT2D eigenvalue weighted by atomic mass is 9.93. The molecule has 1 saturated heterocycles. The minimum atomic E-state index is 0.00543. The van der Waals surface area contributed by atoms with Crippen LogP contribution in [0, 0.1) is 5.92 Å². The molecule has 1 aliphatic rings. The molecule has 2 N–H and O–H groups in total. The van der Waals surface area contributed by atoms with Crippen LogP contribution >= 0.6 is 23.2 Å². The first-order valence-corrected chi connectivity index (χ1v) is 10.0. The largest absolute Gasteiger partial charge is 0.382 e. The second-order valence-corrected chi connectivity index (χ2v) is 8.26. The number of nitrogen functional groups attached to an aromatic ring is 1. The molecule has 146 valence electrons. The summed E-state index contributed by atoms with van der Waals surface area (Å²) in [7, 11) is 0. The van der Waals surface area contributed by atoms with E-state index in [1.807, 2.05) is 27.8 Å². The van der Waals surface area contributed by atoms with Gasteiger partial charge in [0.1, 0.15) is 17.2 Å². The average Bonchev–Trinajstić information content (AvgIpc) is 2.98. The molecule has 1 amide bonds. The highest BCUT2D eigenvalue weighted by Crippen LogP contribution is 2.35. The minimum absolute atomic E-state index is 0.00543. The Bertz CT molecular complexity index is 1070. The Morgan fingerprint density at radius 1 is 1.29 bits per heavy atom. The number of carbonyl (C=O) groups is 1. The summed E-state index contributed by atoms with van der Waals surface area (Å²) in [6.45, 7) is 5.82. The molecule has 3 heterocycles. The quantitative estimate of drug-likeness (QED) is 0.683. The predicted molar refractivity (Wildman–Crippen MR) is 112 cm³/mol. The van der Waals surface area contributed by atoms with Gasteiger partial charge in [-0.05, 0) is 36.5 Å². The highest BCUT2D eigenvalue weighted by atomic mass is 35.5. The fraction of sp³-hybridized carbons (Fsp3) is 0.350. The maximum absolute atomic E-state index is 13.0. The number of aromatic nitrogens is 3. The molecule has 0 aliphatic carbocycles. The summed E-state index contributed by atoms with van der Waals surface area (Å²) < 4.78 is 1.84. The zero-order valence-electron chi connectivity index (χ0n) is 15.7. The molecule has 6 nitrogen and oxygen atoms in total. The van der Waals surface area contributed by atoms with Gasteiger partial charge >= 0.3 is 0 Å². The van der Waals surface area contributed by atoms with Crippen LogP contribution in [-0.4, -0.2) is 38.4 Å². The second kappa shape index (κ2) is 7.26. The zero-order valence-corrected chi connectivity index (χ0v) is 17.3. The van der Waals surface area contributed by atoms with Crippen molar-refractivity contribution < 1.29 is 4.79 Å². The van der Waals surface area contributed by atoms with Crippen LogP contribution in [0.15, 0.2) is 24.7 Å². The number of benzene rings is 1. The van der Waals surface area contributed by atoms with Gasteiger partial charge in [0.15, 0.2) is 5.82 Å². The van der Waals surface area contributed by atoms with Crippen LogP contribution in [0.3, 0.4) is 0 Å². The first-order valence-electron chi connectivity index (χ1n) is 9.26. The standard InChI is InChI=1S/C20H21Cl2N5O/c1-11(2)8-13-12-4-7-27(19-17(22)18(23)24-10-25-19)15(12)9-14(21)16(13)20(28)26-5-3-6-26/h4,7,9-11H,3,5-6,8H2,1-2H3,(H2,23,24,25). The first-order chi connectivity index (χ1) is 13.4. The number of likely N-dealkylation sites (tertiary alicyclic amines) is 1. The van der Waals surface area contributed by atoms with Crippen molar-refractivity contribution in [3.63, 3.8) is 0 Å². The number of nitrogens with zero attached hydrogens (tertiary/aromatic N) is 4. The van der Waals surface area contributed by atoms with E-state index < -0.39 is 0 Å². The fourth-order valence-electron chi connectivity index (χ4n) is 3.57. The van der Waals surface area contributed by atoms with Gasteiger partial charge in [0.2, 0.25) is 0 Å². The highest BCUT2D eigenvalue weighted by Gasteiger charge is 2.28. The van der Waals surface area contributed by atoms with Gasteiger partial charge in [-0.1, -0.05) is 37.0 Å². The van der Waals surface area contributed by atoms with E-state index in [9.17, 15) is 4.79 Å². The van der Waals surface area contributed by atoms with Gasteiger partial charge in [-0.3, -0.25) is 9.36 Å². The van der Waals surface area contributed by atoms with Crippen molar-refractivity contribution in [3.8, 4) is 5.82 Å². The molecule has 3 aromatic rings. The summed E-state index contributed by atoms with van der Waals surface area (Å²) in [5, 5.41) is 1.69. The second-order valence-electron chi connectivity index (χ2n) is 7.47. The van der Waals surface area contributed by atoms with Gasteiger partial charge in [-0.2, -0.15) is 0 Å². The van der Waals surface area contributed by atoms with Crippen molar-refractivity contribution >= 4 is 45.8 Å². The molecule has 1 fully saturated rings. The van der Waals surface area contributed by atoms with Crippen LogP contribution in [0.1, 0.15) is 36.2 Å². The van der Waals surface area contributed by atoms with Crippen molar-refractivity contribution in [2.45, 2.75) is 26.7 Å². The number of anilines is 1. The Hall–Kier alpha value is -2.31. The number of carbonyl (C=O) groups excluding carboxylic acids is 1. The summed E-state index contributed by atoms with van der Waals surface area (Å²) >= 11 is 13.0. The van der Waals surface area contributed by atoms with Crippen molar-refractivity contribution in [1.82, 2.24) is 19.4 Å². The minimum Gasteiger partial charge on any atom is -0.382 e. The molecule has 0 spiro atoms. The summed E-state index contributed by atoms with van der Waals surface area (Å²) in [5.41, 5.74) is 8.25. The lowest BCUT2D eigenvalue weighted by molar-refractivity contribution is 0.0651. The number of fused-ring (bicyclic) bond motifs is 1. The number of amides is 1. The Balaban J connectivity index is 1.95. The van der Waals surface area contributed by atoms with Gasteiger partial charge in [0.05, 0.1) is 16.1 Å². The van der Waals surface area contributed by atoms with E-state index in [0.717, 1.165) is 42.4 Å². The SMILES string of the molecule is CC(C)Cc1c(C(=O)N2CCC2)c(Cl)cc2c1ccn2-c1ncnc(N)c1Cl. The monoisotopic (exact) mass is 417 g/mol. The van der Waals surface area contributed by atoms with Gasteiger partial charge in [0.25, 0.3) is 5.91 Å². The van der Waals surface area contributed by atoms with Crippen molar-refractivity contribution in [2.75, 3.05) is 18.8 Å². The third-order valence-corrected chi connectivity index (χ3v) is 5.71. The van der Waals surface area contributed by atoms with Crippen LogP contribution in [0.4, 0.5) is 5.82 Å². The lowest BCUT2D eigenvalue weighted by Crippen LogP contribution is -2.42. The Kier molecular flexibility index (Phi) is 4.93. The molecule has 1 aromatic carbocycles. The first kappa shape index (κ1) is 19.0. The van der Waals surface area contributed by atoms with Crippen molar-refractivity contribution in [2.24, 2.45) is 5.92 Å². The predicted octanol–water partition coefficient (Wildman–Crippen LogP) is 4.35. The maximum Gasteiger partial charge on any atom is 0.255 e. The van der Waals surface area contributed by atoms with Crippen LogP contribution < -0.4 is 5.73 Å². The third kappa shape index (κ3) is 3.10. The molecule has 1 aliphatic heterocycles. The van der Waals surface area contributed by atoms with Crippen molar-refractivity contribution in [1.29, 1.82) is 0 Å². The summed E-state index contributed by atoms with van der Waals surface area (Å²) in [6, 6.07) is 3.78. The molecule has 0 atom stereocenters. The van der Waals surface area contributed by atoms with Gasteiger partial charge in [0, 0.05) is 24.7 Å². The van der Waals surface area contributed by atoms with E-state index in [-0.39, 0.29) is 16.7 Å². The van der Waals surface area contributed by atoms with Gasteiger partial charge in [-0.25, -0.2) is 9.97 Å². The van der Waals surface area contributed by atoms with Crippen LogP contribution in [0.5, 0.6) is 0 Å². The van der Waals surface area contributed by atoms with Gasteiger partial charge in [-0.15, -0.1) is 0 Å². The fourth-order valence-corrected chi connectivity index (χ4v) is 4.06. The van der Waals surface area contributed by atoms with E-state index in [4.69, 9.17) is 28.9 Å². The summed E-state index contributed by atoms with van der Waals surface area (Å²) in [6.07, 6.45) is 5.03. The summed E-state index contributed by atoms with van der Waals surface area (Å²) in [5.74, 6) is 1.07. The topological polar surface area (TPSA) is 77.0 Å². The third-order valence-electron chi connectivity index (χ3n) is 5.05. The van der Waals surface area contributed by atoms with E-state index in [1.54, 1.807) is 0 Å². The molecular weight excluding hydrogens is 397 g/mol. The molecule has 0 bridgehead atoms. The van der Waals surface area contributed by atoms with E-state index in [2.05, 4.69) is 23.8 Å². The molecule has 2 aromatic heterocycles. The van der Waals surface area contributed by atoms with Crippen LogP contribution in [0.2, 0.25) is 10.0 Å². The molecule has 8 heteroatoms. The highest BCUT2D eigenvalue weighted by molar-refractivity contribution is 6.35. The number of halogens is 2. The van der Waals surface area contributed by atoms with E-state index in [0.29, 0.717) is 22.3 Å². The van der Waals surface area contributed by atoms with Gasteiger partial charge < -0.3 is 10.6 Å². The smallest absolute Gasteiger partial charge is 0.255 e. The maximum atomic E-state index is 13.0. The Labute approximate surface area is 173 Å². The van der Waals surface area contributed by atoms with E-state index >= 15 is 0 Å². The zero-order chi connectivity index (χ0) is 20.0. The van der Waals surface area contributed by atoms with Crippen LogP contribution in [-0.2, 0) is 6.42 Å². The number of hydrogen-bond acceptors (Lipinski definition) is 4. The molecule has 4 rings (SSSR count). The lowest BCUT2D eigenvalue weighted by Gasteiger charge is -2.32. The molecule has 28 heavy (non-hydrogen) atoms. The normalized spacial score (nSPS) is 14.0. The number of rotatable bonds is 4. The molecule has 0 unspecified atom stereocenters. The van der Waals surface area contributed by atoms with Crippen molar-refractivity contribution in [3.05, 3.63) is 45.8 Å². The molecular formula is C20H21Cl2N5O. The average molecular weight is 418 g/mol. The molecule has 0 radical (unpaired) electrons. The summed E-state index contributed by atoms with van der Waals surface area (Å²) in [4.78, 5) is 23.1. The molecule has 0 saturated carbocycles. The van der Waals surface area contributed by atoms with Crippen LogP contribution in [0.25, 0.3) is 16.7 Å². The number of nitrogens with two attached hydrogens (primary N) is 1.